The van der Waals surface area contributed by atoms with Gasteiger partial charge in [0.15, 0.2) is 0 Å². The summed E-state index contributed by atoms with van der Waals surface area (Å²) in [5, 5.41) is 4.06. The van der Waals surface area contributed by atoms with Gasteiger partial charge in [-0.05, 0) is 71.5 Å². The molecule has 1 aliphatic carbocycles. The van der Waals surface area contributed by atoms with Crippen molar-refractivity contribution >= 4 is 44.4 Å². The van der Waals surface area contributed by atoms with Crippen LogP contribution in [0, 0.1) is 8.99 Å². The van der Waals surface area contributed by atoms with Crippen molar-refractivity contribution in [1.29, 1.82) is 0 Å². The van der Waals surface area contributed by atoms with Crippen LogP contribution in [0.15, 0.2) is 24.3 Å². The molecule has 1 aliphatic rings. The number of carbonyl (C=O) groups is 1. The maximum absolute atomic E-state index is 11.9. The Morgan fingerprint density at radius 1 is 1.35 bits per heavy atom. The summed E-state index contributed by atoms with van der Waals surface area (Å²) in [6.07, 6.45) is 3.64. The van der Waals surface area contributed by atoms with Crippen molar-refractivity contribution in [2.45, 2.75) is 19.3 Å². The number of alkyl halides is 1. The molecular weight excluding hydrogens is 393 g/mol. The molecule has 0 aliphatic heterocycles. The summed E-state index contributed by atoms with van der Waals surface area (Å²) in [7, 11) is 0. The maximum atomic E-state index is 11.9. The predicted octanol–water partition coefficient (Wildman–Crippen LogP) is 3.59. The van der Waals surface area contributed by atoms with E-state index < -0.39 is 0 Å². The smallest absolute Gasteiger partial charge is 0.251 e. The molecule has 17 heavy (non-hydrogen) atoms. The Balaban J connectivity index is 1.87. The van der Waals surface area contributed by atoms with Gasteiger partial charge in [0, 0.05) is 21.0 Å². The fourth-order valence-electron chi connectivity index (χ4n) is 1.86. The molecule has 92 valence electrons. The van der Waals surface area contributed by atoms with E-state index in [2.05, 4.69) is 43.8 Å². The van der Waals surface area contributed by atoms with Crippen molar-refractivity contribution in [1.82, 2.24) is 5.32 Å². The van der Waals surface area contributed by atoms with Crippen molar-refractivity contribution in [2.75, 3.05) is 11.9 Å². The number of halogens is 2. The molecule has 0 bridgehead atoms. The standard InChI is InChI=1S/C13H15BrINO/c14-8-7-13(5-6-13)9-16-12(17)10-1-3-11(15)4-2-10/h1-4H,5-9H2,(H,16,17). The van der Waals surface area contributed by atoms with Crippen LogP contribution >= 0.6 is 38.5 Å². The normalized spacial score (nSPS) is 16.6. The molecule has 0 spiro atoms. The van der Waals surface area contributed by atoms with Gasteiger partial charge in [0.05, 0.1) is 0 Å². The van der Waals surface area contributed by atoms with E-state index in [0.717, 1.165) is 27.4 Å². The Morgan fingerprint density at radius 2 is 2.00 bits per heavy atom. The minimum Gasteiger partial charge on any atom is -0.351 e. The van der Waals surface area contributed by atoms with Gasteiger partial charge in [-0.25, -0.2) is 0 Å². The van der Waals surface area contributed by atoms with Crippen LogP contribution in [-0.2, 0) is 0 Å². The second-order valence-electron chi connectivity index (χ2n) is 4.63. The van der Waals surface area contributed by atoms with Gasteiger partial charge in [-0.15, -0.1) is 0 Å². The van der Waals surface area contributed by atoms with Crippen LogP contribution in [0.2, 0.25) is 0 Å². The molecular formula is C13H15BrINO. The summed E-state index contributed by atoms with van der Waals surface area (Å²) in [4.78, 5) is 11.9. The number of hydrogen-bond acceptors (Lipinski definition) is 1. The molecule has 1 fully saturated rings. The first kappa shape index (κ1) is 13.3. The molecule has 1 saturated carbocycles. The third-order valence-corrected chi connectivity index (χ3v) is 4.43. The third-order valence-electron chi connectivity index (χ3n) is 3.31. The second kappa shape index (κ2) is 5.69. The molecule has 0 radical (unpaired) electrons. The zero-order valence-corrected chi connectivity index (χ0v) is 13.3. The SMILES string of the molecule is O=C(NCC1(CCBr)CC1)c1ccc(I)cc1. The van der Waals surface area contributed by atoms with Crippen molar-refractivity contribution in [2.24, 2.45) is 5.41 Å². The minimum absolute atomic E-state index is 0.0437. The highest BCUT2D eigenvalue weighted by Crippen LogP contribution is 2.48. The number of benzene rings is 1. The Labute approximate surface area is 124 Å². The van der Waals surface area contributed by atoms with Gasteiger partial charge in [0.25, 0.3) is 5.91 Å². The Morgan fingerprint density at radius 3 is 2.53 bits per heavy atom. The fraction of sp³-hybridized carbons (Fsp3) is 0.462. The largest absolute Gasteiger partial charge is 0.351 e. The van der Waals surface area contributed by atoms with E-state index >= 15 is 0 Å². The van der Waals surface area contributed by atoms with Crippen LogP contribution in [0.3, 0.4) is 0 Å². The highest BCUT2D eigenvalue weighted by Gasteiger charge is 2.41. The quantitative estimate of drug-likeness (QED) is 0.586. The van der Waals surface area contributed by atoms with Gasteiger partial charge in [0.2, 0.25) is 0 Å². The first-order chi connectivity index (χ1) is 8.15. The van der Waals surface area contributed by atoms with Crippen LogP contribution in [0.1, 0.15) is 29.6 Å². The number of hydrogen-bond donors (Lipinski definition) is 1. The lowest BCUT2D eigenvalue weighted by atomic mass is 10.0. The molecule has 0 aromatic heterocycles. The van der Waals surface area contributed by atoms with Gasteiger partial charge >= 0.3 is 0 Å². The van der Waals surface area contributed by atoms with Crippen LogP contribution in [0.4, 0.5) is 0 Å². The average Bonchev–Trinajstić information content (AvgIpc) is 3.08. The Kier molecular flexibility index (Phi) is 4.47. The van der Waals surface area contributed by atoms with E-state index in [1.807, 2.05) is 24.3 Å². The lowest BCUT2D eigenvalue weighted by Crippen LogP contribution is -2.30. The average molecular weight is 408 g/mol. The van der Waals surface area contributed by atoms with E-state index in [0.29, 0.717) is 5.41 Å². The van der Waals surface area contributed by atoms with E-state index in [1.165, 1.54) is 12.8 Å². The first-order valence-corrected chi connectivity index (χ1v) is 7.95. The Hall–Kier alpha value is -0.100. The third kappa shape index (κ3) is 3.68. The maximum Gasteiger partial charge on any atom is 0.251 e. The molecule has 1 aromatic carbocycles. The van der Waals surface area contributed by atoms with Crippen molar-refractivity contribution in [3.63, 3.8) is 0 Å². The van der Waals surface area contributed by atoms with Crippen molar-refractivity contribution in [3.8, 4) is 0 Å². The molecule has 2 rings (SSSR count). The molecule has 0 heterocycles. The summed E-state index contributed by atoms with van der Waals surface area (Å²) < 4.78 is 1.15. The Bertz CT molecular complexity index is 400. The van der Waals surface area contributed by atoms with Gasteiger partial charge in [0.1, 0.15) is 0 Å². The molecule has 0 unspecified atom stereocenters. The van der Waals surface area contributed by atoms with Gasteiger partial charge < -0.3 is 5.32 Å². The van der Waals surface area contributed by atoms with Crippen molar-refractivity contribution in [3.05, 3.63) is 33.4 Å². The fourth-order valence-corrected chi connectivity index (χ4v) is 3.06. The number of carbonyl (C=O) groups excluding carboxylic acids is 1. The number of nitrogens with one attached hydrogen (secondary N) is 1. The van der Waals surface area contributed by atoms with E-state index in [1.54, 1.807) is 0 Å². The summed E-state index contributed by atoms with van der Waals surface area (Å²) in [6, 6.07) is 7.67. The van der Waals surface area contributed by atoms with Gasteiger partial charge in [-0.2, -0.15) is 0 Å². The molecule has 0 saturated heterocycles. The highest BCUT2D eigenvalue weighted by molar-refractivity contribution is 14.1. The molecule has 4 heteroatoms. The highest BCUT2D eigenvalue weighted by atomic mass is 127. The van der Waals surface area contributed by atoms with E-state index in [9.17, 15) is 4.79 Å². The summed E-state index contributed by atoms with van der Waals surface area (Å²) in [5.74, 6) is 0.0437. The summed E-state index contributed by atoms with van der Waals surface area (Å²) >= 11 is 5.71. The lowest BCUT2D eigenvalue weighted by Gasteiger charge is -2.14. The minimum atomic E-state index is 0.0437. The molecule has 0 atom stereocenters. The zero-order valence-electron chi connectivity index (χ0n) is 9.51. The molecule has 2 nitrogen and oxygen atoms in total. The molecule has 1 N–H and O–H groups in total. The molecule has 1 aromatic rings. The summed E-state index contributed by atoms with van der Waals surface area (Å²) in [6.45, 7) is 0.809. The lowest BCUT2D eigenvalue weighted by molar-refractivity contribution is 0.0944. The van der Waals surface area contributed by atoms with Gasteiger partial charge in [-0.3, -0.25) is 4.79 Å². The number of rotatable bonds is 5. The topological polar surface area (TPSA) is 29.1 Å². The predicted molar refractivity (Wildman–Crippen MR) is 81.6 cm³/mol. The van der Waals surface area contributed by atoms with E-state index in [-0.39, 0.29) is 5.91 Å². The second-order valence-corrected chi connectivity index (χ2v) is 6.67. The first-order valence-electron chi connectivity index (χ1n) is 5.75. The zero-order chi connectivity index (χ0) is 12.3. The summed E-state index contributed by atoms with van der Waals surface area (Å²) in [5.41, 5.74) is 1.13. The van der Waals surface area contributed by atoms with Gasteiger partial charge in [-0.1, -0.05) is 15.9 Å². The van der Waals surface area contributed by atoms with Crippen LogP contribution in [-0.4, -0.2) is 17.8 Å². The van der Waals surface area contributed by atoms with Crippen LogP contribution < -0.4 is 5.32 Å². The van der Waals surface area contributed by atoms with Crippen LogP contribution in [0.25, 0.3) is 0 Å². The monoisotopic (exact) mass is 407 g/mol. The number of amides is 1. The van der Waals surface area contributed by atoms with Crippen LogP contribution in [0.5, 0.6) is 0 Å². The molecule has 1 amide bonds. The van der Waals surface area contributed by atoms with E-state index in [4.69, 9.17) is 0 Å². The van der Waals surface area contributed by atoms with Crippen molar-refractivity contribution < 1.29 is 4.79 Å².